The Bertz CT molecular complexity index is 534. The van der Waals surface area contributed by atoms with Crippen molar-refractivity contribution in [3.8, 4) is 0 Å². The number of carboxylic acid groups (broad SMARTS) is 1. The van der Waals surface area contributed by atoms with Crippen LogP contribution >= 0.6 is 11.3 Å². The molecule has 7 heteroatoms. The summed E-state index contributed by atoms with van der Waals surface area (Å²) in [6.45, 7) is 6.05. The number of thiophene rings is 1. The van der Waals surface area contributed by atoms with E-state index in [0.717, 1.165) is 17.8 Å². The number of carboxylic acids is 1. The maximum absolute atomic E-state index is 12.5. The minimum atomic E-state index is -3.52. The summed E-state index contributed by atoms with van der Waals surface area (Å²) in [7, 11) is -3.52. The van der Waals surface area contributed by atoms with Gasteiger partial charge in [0, 0.05) is 17.5 Å². The fourth-order valence-corrected chi connectivity index (χ4v) is 4.94. The number of aliphatic carboxylic acids is 1. The van der Waals surface area contributed by atoms with Crippen molar-refractivity contribution in [2.24, 2.45) is 0 Å². The highest BCUT2D eigenvalue weighted by Gasteiger charge is 2.27. The Kier molecular flexibility index (Phi) is 5.51. The number of hydrogen-bond donors (Lipinski definition) is 1. The summed E-state index contributed by atoms with van der Waals surface area (Å²) in [5, 5.41) is 8.71. The van der Waals surface area contributed by atoms with Crippen LogP contribution in [0.5, 0.6) is 0 Å². The Balaban J connectivity index is 3.04. The zero-order chi connectivity index (χ0) is 14.6. The van der Waals surface area contributed by atoms with Crippen molar-refractivity contribution in [2.75, 3.05) is 6.54 Å². The SMILES string of the molecule is CCCN(C(C)C)S(=O)(=O)c1ccc(CC(=O)O)s1. The molecule has 1 heterocycles. The van der Waals surface area contributed by atoms with E-state index in [4.69, 9.17) is 5.11 Å². The smallest absolute Gasteiger partial charge is 0.308 e. The maximum atomic E-state index is 12.5. The molecule has 5 nitrogen and oxygen atoms in total. The predicted molar refractivity (Wildman–Crippen MR) is 75.0 cm³/mol. The van der Waals surface area contributed by atoms with Gasteiger partial charge in [-0.15, -0.1) is 11.3 Å². The first kappa shape index (κ1) is 16.1. The summed E-state index contributed by atoms with van der Waals surface area (Å²) in [5.74, 6) is -0.958. The van der Waals surface area contributed by atoms with Crippen LogP contribution in [0.1, 0.15) is 32.1 Å². The standard InChI is InChI=1S/C12H19NO4S2/c1-4-7-13(9(2)3)19(16,17)12-6-5-10(18-12)8-11(14)15/h5-6,9H,4,7-8H2,1-3H3,(H,14,15). The van der Waals surface area contributed by atoms with Crippen molar-refractivity contribution < 1.29 is 18.3 Å². The van der Waals surface area contributed by atoms with Crippen LogP contribution in [0.2, 0.25) is 0 Å². The normalized spacial score (nSPS) is 12.3. The van der Waals surface area contributed by atoms with E-state index in [1.165, 1.54) is 10.4 Å². The van der Waals surface area contributed by atoms with Gasteiger partial charge in [-0.2, -0.15) is 4.31 Å². The van der Waals surface area contributed by atoms with Gasteiger partial charge in [-0.1, -0.05) is 6.92 Å². The zero-order valence-corrected chi connectivity index (χ0v) is 12.9. The van der Waals surface area contributed by atoms with Gasteiger partial charge in [0.05, 0.1) is 6.42 Å². The number of hydrogen-bond acceptors (Lipinski definition) is 4. The zero-order valence-electron chi connectivity index (χ0n) is 11.3. The van der Waals surface area contributed by atoms with Crippen molar-refractivity contribution in [3.05, 3.63) is 17.0 Å². The highest BCUT2D eigenvalue weighted by atomic mass is 32.2. The summed E-state index contributed by atoms with van der Waals surface area (Å²) >= 11 is 1.03. The molecule has 0 aromatic carbocycles. The molecule has 0 saturated carbocycles. The van der Waals surface area contributed by atoms with Gasteiger partial charge in [-0.25, -0.2) is 8.42 Å². The van der Waals surface area contributed by atoms with E-state index in [0.29, 0.717) is 11.4 Å². The third kappa shape index (κ3) is 4.02. The van der Waals surface area contributed by atoms with Crippen LogP contribution in [-0.4, -0.2) is 36.4 Å². The van der Waals surface area contributed by atoms with E-state index >= 15 is 0 Å². The van der Waals surface area contributed by atoms with Crippen LogP contribution in [-0.2, 0) is 21.2 Å². The average Bonchev–Trinajstić information content (AvgIpc) is 2.73. The Morgan fingerprint density at radius 3 is 2.53 bits per heavy atom. The van der Waals surface area contributed by atoms with Gasteiger partial charge >= 0.3 is 5.97 Å². The van der Waals surface area contributed by atoms with Gasteiger partial charge in [0.25, 0.3) is 10.0 Å². The first-order valence-corrected chi connectivity index (χ1v) is 8.37. The fraction of sp³-hybridized carbons (Fsp3) is 0.583. The second-order valence-corrected chi connectivity index (χ2v) is 7.79. The largest absolute Gasteiger partial charge is 0.481 e. The number of sulfonamides is 1. The second kappa shape index (κ2) is 6.49. The van der Waals surface area contributed by atoms with Crippen LogP contribution in [0.15, 0.2) is 16.3 Å². The van der Waals surface area contributed by atoms with Crippen LogP contribution in [0.3, 0.4) is 0 Å². The first-order valence-electron chi connectivity index (χ1n) is 6.11. The lowest BCUT2D eigenvalue weighted by Gasteiger charge is -2.24. The molecule has 1 aromatic heterocycles. The molecular formula is C12H19NO4S2. The topological polar surface area (TPSA) is 74.7 Å². The molecule has 0 fully saturated rings. The summed E-state index contributed by atoms with van der Waals surface area (Å²) in [4.78, 5) is 11.2. The molecule has 108 valence electrons. The molecule has 1 aromatic rings. The summed E-state index contributed by atoms with van der Waals surface area (Å²) in [6, 6.07) is 2.94. The molecule has 0 radical (unpaired) electrons. The van der Waals surface area contributed by atoms with Crippen LogP contribution in [0, 0.1) is 0 Å². The van der Waals surface area contributed by atoms with Crippen molar-refractivity contribution in [1.82, 2.24) is 4.31 Å². The van der Waals surface area contributed by atoms with Gasteiger partial charge in [0.15, 0.2) is 0 Å². The minimum Gasteiger partial charge on any atom is -0.481 e. The first-order chi connectivity index (χ1) is 8.78. The summed E-state index contributed by atoms with van der Waals surface area (Å²) in [6.07, 6.45) is 0.598. The monoisotopic (exact) mass is 305 g/mol. The third-order valence-electron chi connectivity index (χ3n) is 2.55. The molecule has 1 rings (SSSR count). The van der Waals surface area contributed by atoms with E-state index in [9.17, 15) is 13.2 Å². The van der Waals surface area contributed by atoms with Gasteiger partial charge in [0.1, 0.15) is 4.21 Å². The lowest BCUT2D eigenvalue weighted by Crippen LogP contribution is -2.37. The molecule has 0 unspecified atom stereocenters. The quantitative estimate of drug-likeness (QED) is 0.838. The molecule has 0 aliphatic heterocycles. The molecule has 0 aliphatic rings. The van der Waals surface area contributed by atoms with Gasteiger partial charge < -0.3 is 5.11 Å². The summed E-state index contributed by atoms with van der Waals surface area (Å²) < 4.78 is 26.6. The molecule has 0 bridgehead atoms. The lowest BCUT2D eigenvalue weighted by molar-refractivity contribution is -0.136. The van der Waals surface area contributed by atoms with E-state index in [2.05, 4.69) is 0 Å². The molecule has 0 spiro atoms. The fourth-order valence-electron chi connectivity index (χ4n) is 1.73. The van der Waals surface area contributed by atoms with Gasteiger partial charge in [0.2, 0.25) is 0 Å². The molecule has 0 aliphatic carbocycles. The minimum absolute atomic E-state index is 0.116. The molecule has 0 amide bonds. The van der Waals surface area contributed by atoms with Crippen molar-refractivity contribution in [1.29, 1.82) is 0 Å². The number of rotatable bonds is 7. The van der Waals surface area contributed by atoms with Crippen LogP contribution in [0.25, 0.3) is 0 Å². The van der Waals surface area contributed by atoms with E-state index in [1.54, 1.807) is 6.07 Å². The third-order valence-corrected chi connectivity index (χ3v) is 6.17. The van der Waals surface area contributed by atoms with E-state index in [1.807, 2.05) is 20.8 Å². The van der Waals surface area contributed by atoms with E-state index in [-0.39, 0.29) is 16.7 Å². The second-order valence-electron chi connectivity index (χ2n) is 4.50. The highest BCUT2D eigenvalue weighted by molar-refractivity contribution is 7.91. The molecule has 0 saturated heterocycles. The number of nitrogens with zero attached hydrogens (tertiary/aromatic N) is 1. The van der Waals surface area contributed by atoms with E-state index < -0.39 is 16.0 Å². The Morgan fingerprint density at radius 1 is 1.42 bits per heavy atom. The molecule has 0 atom stereocenters. The van der Waals surface area contributed by atoms with Crippen LogP contribution in [0.4, 0.5) is 0 Å². The molecular weight excluding hydrogens is 286 g/mol. The summed E-state index contributed by atoms with van der Waals surface area (Å²) in [5.41, 5.74) is 0. The maximum Gasteiger partial charge on any atom is 0.308 e. The predicted octanol–water partition coefficient (Wildman–Crippen LogP) is 2.18. The molecule has 1 N–H and O–H groups in total. The lowest BCUT2D eigenvalue weighted by atomic mass is 10.3. The van der Waals surface area contributed by atoms with Crippen molar-refractivity contribution in [3.63, 3.8) is 0 Å². The van der Waals surface area contributed by atoms with Gasteiger partial charge in [-0.3, -0.25) is 4.79 Å². The van der Waals surface area contributed by atoms with Crippen LogP contribution < -0.4 is 0 Å². The average molecular weight is 305 g/mol. The molecule has 19 heavy (non-hydrogen) atoms. The Hall–Kier alpha value is -0.920. The number of carbonyl (C=O) groups is 1. The van der Waals surface area contributed by atoms with Gasteiger partial charge in [-0.05, 0) is 32.4 Å². The Labute approximate surface area is 117 Å². The van der Waals surface area contributed by atoms with Crippen molar-refractivity contribution in [2.45, 2.75) is 43.9 Å². The Morgan fingerprint density at radius 2 is 2.05 bits per heavy atom. The van der Waals surface area contributed by atoms with Crippen molar-refractivity contribution >= 4 is 27.3 Å². The highest BCUT2D eigenvalue weighted by Crippen LogP contribution is 2.26.